The van der Waals surface area contributed by atoms with Crippen LogP contribution in [0.1, 0.15) is 26.2 Å². The Morgan fingerprint density at radius 1 is 1.26 bits per heavy atom. The number of piperidine rings is 1. The fourth-order valence-corrected chi connectivity index (χ4v) is 3.55. The lowest BCUT2D eigenvalue weighted by Gasteiger charge is -2.32. The Bertz CT molecular complexity index is 709. The Morgan fingerprint density at radius 3 is 2.70 bits per heavy atom. The molecule has 1 aromatic carbocycles. The van der Waals surface area contributed by atoms with E-state index in [2.05, 4.69) is 5.32 Å². The molecule has 7 nitrogen and oxygen atoms in total. The molecule has 8 heteroatoms. The number of halogens is 1. The van der Waals surface area contributed by atoms with Crippen LogP contribution in [-0.2, 0) is 14.3 Å². The van der Waals surface area contributed by atoms with E-state index in [1.54, 1.807) is 28.9 Å². The number of hydrogen-bond acceptors (Lipinski definition) is 4. The Morgan fingerprint density at radius 2 is 2.00 bits per heavy atom. The molecular weight excluding hydrogens is 353 g/mol. The zero-order chi connectivity index (χ0) is 19.4. The SMILES string of the molecule is CCOC(=O)[C@H]1CCCN(C(=O)N[C@H]2CC(=O)N(c3ccc(F)cc3)C2)C1. The third-order valence-corrected chi connectivity index (χ3v) is 4.92. The molecule has 2 saturated heterocycles. The number of urea groups is 1. The molecule has 0 radical (unpaired) electrons. The van der Waals surface area contributed by atoms with Crippen molar-refractivity contribution in [2.24, 2.45) is 5.92 Å². The maximum atomic E-state index is 13.1. The summed E-state index contributed by atoms with van der Waals surface area (Å²) < 4.78 is 18.1. The van der Waals surface area contributed by atoms with E-state index < -0.39 is 0 Å². The number of rotatable bonds is 4. The number of nitrogens with one attached hydrogen (secondary N) is 1. The smallest absolute Gasteiger partial charge is 0.317 e. The van der Waals surface area contributed by atoms with E-state index in [1.807, 2.05) is 0 Å². The van der Waals surface area contributed by atoms with E-state index >= 15 is 0 Å². The first-order valence-corrected chi connectivity index (χ1v) is 9.26. The standard InChI is InChI=1S/C19H24FN3O4/c1-2-27-18(25)13-4-3-9-22(11-13)19(26)21-15-10-17(24)23(12-15)16-7-5-14(20)6-8-16/h5-8,13,15H,2-4,9-12H2,1H3,(H,21,26)/t13-,15-/m0/s1. The predicted octanol–water partition coefficient (Wildman–Crippen LogP) is 1.92. The van der Waals surface area contributed by atoms with E-state index in [9.17, 15) is 18.8 Å². The molecule has 0 aromatic heterocycles. The Hall–Kier alpha value is -2.64. The maximum Gasteiger partial charge on any atom is 0.317 e. The monoisotopic (exact) mass is 377 g/mol. The number of benzene rings is 1. The molecule has 1 N–H and O–H groups in total. The van der Waals surface area contributed by atoms with Gasteiger partial charge in [-0.15, -0.1) is 0 Å². The van der Waals surface area contributed by atoms with Gasteiger partial charge in [0, 0.05) is 31.7 Å². The van der Waals surface area contributed by atoms with Crippen molar-refractivity contribution in [1.82, 2.24) is 10.2 Å². The number of ether oxygens (including phenoxy) is 1. The minimum Gasteiger partial charge on any atom is -0.466 e. The summed E-state index contributed by atoms with van der Waals surface area (Å²) >= 11 is 0. The van der Waals surface area contributed by atoms with Gasteiger partial charge in [-0.05, 0) is 44.0 Å². The Balaban J connectivity index is 1.56. The highest BCUT2D eigenvalue weighted by atomic mass is 19.1. The number of amides is 3. The van der Waals surface area contributed by atoms with Crippen molar-refractivity contribution in [2.75, 3.05) is 31.1 Å². The van der Waals surface area contributed by atoms with E-state index in [0.717, 1.165) is 6.42 Å². The lowest BCUT2D eigenvalue weighted by molar-refractivity contribution is -0.149. The van der Waals surface area contributed by atoms with Crippen LogP contribution in [0.15, 0.2) is 24.3 Å². The molecule has 3 rings (SSSR count). The van der Waals surface area contributed by atoms with Crippen LogP contribution in [0.4, 0.5) is 14.9 Å². The van der Waals surface area contributed by atoms with Crippen molar-refractivity contribution in [3.05, 3.63) is 30.1 Å². The molecule has 2 atom stereocenters. The van der Waals surface area contributed by atoms with Crippen LogP contribution in [0.2, 0.25) is 0 Å². The minimum atomic E-state index is -0.364. The van der Waals surface area contributed by atoms with Crippen LogP contribution >= 0.6 is 0 Å². The van der Waals surface area contributed by atoms with Crippen molar-refractivity contribution >= 4 is 23.6 Å². The minimum absolute atomic E-state index is 0.116. The van der Waals surface area contributed by atoms with Gasteiger partial charge in [0.2, 0.25) is 5.91 Å². The van der Waals surface area contributed by atoms with Gasteiger partial charge in [-0.2, -0.15) is 0 Å². The Labute approximate surface area is 157 Å². The molecule has 0 aliphatic carbocycles. The summed E-state index contributed by atoms with van der Waals surface area (Å²) in [5, 5.41) is 2.88. The van der Waals surface area contributed by atoms with Gasteiger partial charge < -0.3 is 19.9 Å². The second kappa shape index (κ2) is 8.37. The van der Waals surface area contributed by atoms with Crippen LogP contribution in [-0.4, -0.2) is 55.1 Å². The summed E-state index contributed by atoms with van der Waals surface area (Å²) in [7, 11) is 0. The summed E-state index contributed by atoms with van der Waals surface area (Å²) in [5.41, 5.74) is 0.610. The summed E-state index contributed by atoms with van der Waals surface area (Å²) in [5.74, 6) is -1.05. The molecule has 2 aliphatic rings. The van der Waals surface area contributed by atoms with Gasteiger partial charge in [0.25, 0.3) is 0 Å². The van der Waals surface area contributed by atoms with Crippen LogP contribution < -0.4 is 10.2 Å². The predicted molar refractivity (Wildman–Crippen MR) is 96.6 cm³/mol. The van der Waals surface area contributed by atoms with Crippen LogP contribution in [0.25, 0.3) is 0 Å². The van der Waals surface area contributed by atoms with E-state index in [-0.39, 0.29) is 42.1 Å². The highest BCUT2D eigenvalue weighted by Gasteiger charge is 2.34. The largest absolute Gasteiger partial charge is 0.466 e. The van der Waals surface area contributed by atoms with E-state index in [4.69, 9.17) is 4.74 Å². The number of anilines is 1. The van der Waals surface area contributed by atoms with Gasteiger partial charge in [0.1, 0.15) is 5.82 Å². The molecule has 0 bridgehead atoms. The summed E-state index contributed by atoms with van der Waals surface area (Å²) in [6.07, 6.45) is 1.64. The fraction of sp³-hybridized carbons (Fsp3) is 0.526. The zero-order valence-corrected chi connectivity index (χ0v) is 15.3. The van der Waals surface area contributed by atoms with E-state index in [1.165, 1.54) is 12.1 Å². The van der Waals surface area contributed by atoms with Crippen molar-refractivity contribution < 1.29 is 23.5 Å². The van der Waals surface area contributed by atoms with Gasteiger partial charge in [0.15, 0.2) is 0 Å². The summed E-state index contributed by atoms with van der Waals surface area (Å²) in [6, 6.07) is 5.11. The van der Waals surface area contributed by atoms with Crippen molar-refractivity contribution in [2.45, 2.75) is 32.2 Å². The molecule has 2 heterocycles. The Kier molecular flexibility index (Phi) is 5.93. The normalized spacial score (nSPS) is 22.7. The highest BCUT2D eigenvalue weighted by Crippen LogP contribution is 2.23. The number of nitrogens with zero attached hydrogens (tertiary/aromatic N) is 2. The van der Waals surface area contributed by atoms with Crippen molar-refractivity contribution in [3.63, 3.8) is 0 Å². The van der Waals surface area contributed by atoms with Gasteiger partial charge in [-0.3, -0.25) is 9.59 Å². The van der Waals surface area contributed by atoms with E-state index in [0.29, 0.717) is 38.3 Å². The van der Waals surface area contributed by atoms with Gasteiger partial charge >= 0.3 is 12.0 Å². The average Bonchev–Trinajstić information content (AvgIpc) is 3.02. The zero-order valence-electron chi connectivity index (χ0n) is 15.3. The fourth-order valence-electron chi connectivity index (χ4n) is 3.55. The van der Waals surface area contributed by atoms with Crippen LogP contribution in [0.5, 0.6) is 0 Å². The molecule has 2 fully saturated rings. The second-order valence-electron chi connectivity index (χ2n) is 6.87. The number of likely N-dealkylation sites (tertiary alicyclic amines) is 1. The van der Waals surface area contributed by atoms with Gasteiger partial charge in [-0.1, -0.05) is 0 Å². The maximum absolute atomic E-state index is 13.1. The third-order valence-electron chi connectivity index (χ3n) is 4.92. The first-order valence-electron chi connectivity index (χ1n) is 9.26. The molecule has 3 amide bonds. The third kappa shape index (κ3) is 4.56. The molecule has 1 aromatic rings. The number of carbonyl (C=O) groups excluding carboxylic acids is 3. The second-order valence-corrected chi connectivity index (χ2v) is 6.87. The summed E-state index contributed by atoms with van der Waals surface area (Å²) in [6.45, 7) is 3.32. The highest BCUT2D eigenvalue weighted by molar-refractivity contribution is 5.96. The first-order chi connectivity index (χ1) is 13.0. The first kappa shape index (κ1) is 19.1. The molecule has 2 aliphatic heterocycles. The van der Waals surface area contributed by atoms with Crippen molar-refractivity contribution in [3.8, 4) is 0 Å². The van der Waals surface area contributed by atoms with Gasteiger partial charge in [-0.25, -0.2) is 9.18 Å². The van der Waals surface area contributed by atoms with Gasteiger partial charge in [0.05, 0.1) is 18.6 Å². The topological polar surface area (TPSA) is 79.0 Å². The quantitative estimate of drug-likeness (QED) is 0.813. The number of esters is 1. The molecule has 0 saturated carbocycles. The summed E-state index contributed by atoms with van der Waals surface area (Å²) in [4.78, 5) is 39.9. The molecule has 0 spiro atoms. The molecular formula is C19H24FN3O4. The number of carbonyl (C=O) groups is 3. The van der Waals surface area contributed by atoms with Crippen LogP contribution in [0, 0.1) is 11.7 Å². The molecule has 146 valence electrons. The lowest BCUT2D eigenvalue weighted by Crippen LogP contribution is -2.50. The average molecular weight is 377 g/mol. The van der Waals surface area contributed by atoms with Crippen LogP contribution in [0.3, 0.4) is 0 Å². The lowest BCUT2D eigenvalue weighted by atomic mass is 9.98. The molecule has 27 heavy (non-hydrogen) atoms. The number of hydrogen-bond donors (Lipinski definition) is 1. The molecule has 0 unspecified atom stereocenters. The van der Waals surface area contributed by atoms with Crippen molar-refractivity contribution in [1.29, 1.82) is 0 Å².